The van der Waals surface area contributed by atoms with Gasteiger partial charge >= 0.3 is 5.97 Å². The van der Waals surface area contributed by atoms with Crippen LogP contribution >= 0.6 is 0 Å². The number of rotatable bonds is 3. The molecule has 0 radical (unpaired) electrons. The first-order chi connectivity index (χ1) is 9.13. The van der Waals surface area contributed by atoms with Gasteiger partial charge in [-0.25, -0.2) is 4.79 Å². The summed E-state index contributed by atoms with van der Waals surface area (Å²) in [4.78, 5) is 11.7. The van der Waals surface area contributed by atoms with E-state index in [0.29, 0.717) is 5.69 Å². The molecule has 1 aliphatic carbocycles. The van der Waals surface area contributed by atoms with E-state index in [1.54, 1.807) is 6.08 Å². The van der Waals surface area contributed by atoms with Crippen LogP contribution < -0.4 is 5.73 Å². The molecular formula is C16H21NO2. The standard InChI is InChI=1S/C16H21NO2/c1-12-5-8-15(9-6-12)19-16(18)10-7-13-3-2-4-14(17)11-13/h2-4,7,10-12,15H,5-6,8-9,17H2,1H3/b10-7+. The van der Waals surface area contributed by atoms with Crippen LogP contribution in [0.1, 0.15) is 38.2 Å². The zero-order chi connectivity index (χ0) is 13.7. The largest absolute Gasteiger partial charge is 0.459 e. The summed E-state index contributed by atoms with van der Waals surface area (Å²) in [7, 11) is 0. The molecular weight excluding hydrogens is 238 g/mol. The Balaban J connectivity index is 1.84. The lowest BCUT2D eigenvalue weighted by molar-refractivity contribution is -0.144. The fourth-order valence-corrected chi connectivity index (χ4v) is 2.38. The molecule has 0 amide bonds. The maximum absolute atomic E-state index is 11.7. The average Bonchev–Trinajstić information content (AvgIpc) is 2.39. The van der Waals surface area contributed by atoms with Gasteiger partial charge in [-0.2, -0.15) is 0 Å². The topological polar surface area (TPSA) is 52.3 Å². The Morgan fingerprint density at radius 1 is 1.32 bits per heavy atom. The minimum Gasteiger partial charge on any atom is -0.459 e. The normalized spacial score (nSPS) is 23.4. The van der Waals surface area contributed by atoms with Crippen molar-refractivity contribution in [2.75, 3.05) is 5.73 Å². The molecule has 0 heterocycles. The van der Waals surface area contributed by atoms with Gasteiger partial charge in [-0.3, -0.25) is 0 Å². The van der Waals surface area contributed by atoms with E-state index in [4.69, 9.17) is 10.5 Å². The van der Waals surface area contributed by atoms with Gasteiger partial charge in [-0.05, 0) is 55.4 Å². The summed E-state index contributed by atoms with van der Waals surface area (Å²) in [6.07, 6.45) is 7.58. The van der Waals surface area contributed by atoms with E-state index in [0.717, 1.165) is 37.2 Å². The first kappa shape index (κ1) is 13.7. The van der Waals surface area contributed by atoms with Crippen LogP contribution in [0.25, 0.3) is 6.08 Å². The van der Waals surface area contributed by atoms with Crippen LogP contribution in [0.15, 0.2) is 30.3 Å². The number of hydrogen-bond donors (Lipinski definition) is 1. The number of esters is 1. The third-order valence-electron chi connectivity index (χ3n) is 3.57. The smallest absolute Gasteiger partial charge is 0.331 e. The molecule has 2 N–H and O–H groups in total. The summed E-state index contributed by atoms with van der Waals surface area (Å²) in [5, 5.41) is 0. The molecule has 2 rings (SSSR count). The van der Waals surface area contributed by atoms with Gasteiger partial charge < -0.3 is 10.5 Å². The summed E-state index contributed by atoms with van der Waals surface area (Å²) in [5.74, 6) is 0.500. The number of hydrogen-bond acceptors (Lipinski definition) is 3. The molecule has 0 saturated heterocycles. The van der Waals surface area contributed by atoms with E-state index in [1.165, 1.54) is 6.08 Å². The molecule has 0 aromatic heterocycles. The van der Waals surface area contributed by atoms with Crippen molar-refractivity contribution >= 4 is 17.7 Å². The minimum atomic E-state index is -0.262. The second-order valence-corrected chi connectivity index (χ2v) is 5.32. The summed E-state index contributed by atoms with van der Waals surface area (Å²) in [6, 6.07) is 7.41. The van der Waals surface area contributed by atoms with Gasteiger partial charge in [0.05, 0.1) is 0 Å². The number of anilines is 1. The lowest BCUT2D eigenvalue weighted by atomic mass is 9.89. The molecule has 0 unspecified atom stereocenters. The molecule has 3 heteroatoms. The molecule has 0 aliphatic heterocycles. The summed E-state index contributed by atoms with van der Waals surface area (Å²) >= 11 is 0. The first-order valence-corrected chi connectivity index (χ1v) is 6.88. The van der Waals surface area contributed by atoms with Crippen molar-refractivity contribution < 1.29 is 9.53 Å². The summed E-state index contributed by atoms with van der Waals surface area (Å²) in [5.41, 5.74) is 7.28. The van der Waals surface area contributed by atoms with Crippen molar-refractivity contribution in [3.8, 4) is 0 Å². The highest BCUT2D eigenvalue weighted by Gasteiger charge is 2.20. The number of carbonyl (C=O) groups excluding carboxylic acids is 1. The van der Waals surface area contributed by atoms with E-state index >= 15 is 0 Å². The Hall–Kier alpha value is -1.77. The van der Waals surface area contributed by atoms with Gasteiger partial charge in [0.15, 0.2) is 0 Å². The molecule has 0 bridgehead atoms. The average molecular weight is 259 g/mol. The van der Waals surface area contributed by atoms with Crippen molar-refractivity contribution in [3.05, 3.63) is 35.9 Å². The zero-order valence-electron chi connectivity index (χ0n) is 11.3. The van der Waals surface area contributed by atoms with Crippen molar-refractivity contribution in [2.24, 2.45) is 5.92 Å². The monoisotopic (exact) mass is 259 g/mol. The van der Waals surface area contributed by atoms with Gasteiger partial charge in [0.1, 0.15) is 6.10 Å². The Bertz CT molecular complexity index is 460. The highest BCUT2D eigenvalue weighted by atomic mass is 16.5. The van der Waals surface area contributed by atoms with Crippen LogP contribution in [0.5, 0.6) is 0 Å². The molecule has 1 fully saturated rings. The van der Waals surface area contributed by atoms with E-state index in [2.05, 4.69) is 6.92 Å². The van der Waals surface area contributed by atoms with Crippen molar-refractivity contribution in [1.29, 1.82) is 0 Å². The highest BCUT2D eigenvalue weighted by molar-refractivity contribution is 5.87. The molecule has 1 saturated carbocycles. The van der Waals surface area contributed by atoms with E-state index in [-0.39, 0.29) is 12.1 Å². The number of ether oxygens (including phenoxy) is 1. The van der Waals surface area contributed by atoms with Gasteiger partial charge in [0.25, 0.3) is 0 Å². The van der Waals surface area contributed by atoms with E-state index in [9.17, 15) is 4.79 Å². The van der Waals surface area contributed by atoms with Gasteiger partial charge in [-0.1, -0.05) is 19.1 Å². The van der Waals surface area contributed by atoms with E-state index in [1.807, 2.05) is 24.3 Å². The fourth-order valence-electron chi connectivity index (χ4n) is 2.38. The maximum Gasteiger partial charge on any atom is 0.331 e. The van der Waals surface area contributed by atoms with Crippen LogP contribution in [-0.4, -0.2) is 12.1 Å². The first-order valence-electron chi connectivity index (χ1n) is 6.88. The number of benzene rings is 1. The lowest BCUT2D eigenvalue weighted by Gasteiger charge is -2.25. The third kappa shape index (κ3) is 4.43. The quantitative estimate of drug-likeness (QED) is 0.514. The summed E-state index contributed by atoms with van der Waals surface area (Å²) < 4.78 is 5.43. The molecule has 1 aromatic carbocycles. The zero-order valence-corrected chi connectivity index (χ0v) is 11.3. The number of carbonyl (C=O) groups is 1. The molecule has 19 heavy (non-hydrogen) atoms. The molecule has 102 valence electrons. The molecule has 3 nitrogen and oxygen atoms in total. The third-order valence-corrected chi connectivity index (χ3v) is 3.57. The van der Waals surface area contributed by atoms with Gasteiger partial charge in [0.2, 0.25) is 0 Å². The predicted octanol–water partition coefficient (Wildman–Crippen LogP) is 3.40. The van der Waals surface area contributed by atoms with Gasteiger partial charge in [-0.15, -0.1) is 0 Å². The van der Waals surface area contributed by atoms with Crippen molar-refractivity contribution in [3.63, 3.8) is 0 Å². The number of nitrogens with two attached hydrogens (primary N) is 1. The van der Waals surface area contributed by atoms with Crippen molar-refractivity contribution in [2.45, 2.75) is 38.7 Å². The Kier molecular flexibility index (Phi) is 4.61. The molecule has 0 atom stereocenters. The SMILES string of the molecule is CC1CCC(OC(=O)/C=C/c2cccc(N)c2)CC1. The lowest BCUT2D eigenvalue weighted by Crippen LogP contribution is -2.22. The van der Waals surface area contributed by atoms with Crippen LogP contribution in [0.4, 0.5) is 5.69 Å². The van der Waals surface area contributed by atoms with Crippen LogP contribution in [0, 0.1) is 5.92 Å². The van der Waals surface area contributed by atoms with Crippen LogP contribution in [0.3, 0.4) is 0 Å². The Morgan fingerprint density at radius 2 is 2.05 bits per heavy atom. The summed E-state index contributed by atoms with van der Waals surface area (Å²) in [6.45, 7) is 2.25. The molecule has 1 aromatic rings. The minimum absolute atomic E-state index is 0.0918. The Labute approximate surface area is 114 Å². The Morgan fingerprint density at radius 3 is 2.74 bits per heavy atom. The van der Waals surface area contributed by atoms with E-state index < -0.39 is 0 Å². The maximum atomic E-state index is 11.7. The second-order valence-electron chi connectivity index (χ2n) is 5.32. The fraction of sp³-hybridized carbons (Fsp3) is 0.438. The van der Waals surface area contributed by atoms with Crippen LogP contribution in [0.2, 0.25) is 0 Å². The molecule has 1 aliphatic rings. The predicted molar refractivity (Wildman–Crippen MR) is 77.4 cm³/mol. The van der Waals surface area contributed by atoms with Crippen molar-refractivity contribution in [1.82, 2.24) is 0 Å². The number of nitrogen functional groups attached to an aromatic ring is 1. The van der Waals surface area contributed by atoms with Gasteiger partial charge in [0, 0.05) is 11.8 Å². The van der Waals surface area contributed by atoms with Crippen LogP contribution in [-0.2, 0) is 9.53 Å². The molecule has 0 spiro atoms. The second kappa shape index (κ2) is 6.41. The highest BCUT2D eigenvalue weighted by Crippen LogP contribution is 2.25.